The first-order valence-corrected chi connectivity index (χ1v) is 5.27. The summed E-state index contributed by atoms with van der Waals surface area (Å²) in [5.74, 6) is 5.68. The lowest BCUT2D eigenvalue weighted by molar-refractivity contribution is -0.894. The van der Waals surface area contributed by atoms with Gasteiger partial charge in [0.25, 0.3) is 5.91 Å². The molecule has 0 fully saturated rings. The Morgan fingerprint density at radius 3 is 2.18 bits per heavy atom. The molecule has 0 saturated carbocycles. The van der Waals surface area contributed by atoms with E-state index in [2.05, 4.69) is 5.32 Å². The van der Waals surface area contributed by atoms with Crippen LogP contribution in [0.15, 0.2) is 18.2 Å². The Morgan fingerprint density at radius 1 is 1.29 bits per heavy atom. The fourth-order valence-electron chi connectivity index (χ4n) is 1.56. The van der Waals surface area contributed by atoms with Crippen molar-refractivity contribution >= 4 is 11.6 Å². The number of carbonyl (C=O) groups excluding carboxylic acids is 1. The number of hydrogen-bond donors (Lipinski definition) is 2. The van der Waals surface area contributed by atoms with Crippen molar-refractivity contribution in [1.29, 1.82) is 0 Å². The Hall–Kier alpha value is -1.10. The molecule has 5 heteroatoms. The number of halogens is 1. The SMILES string of the molecule is Cc1cccc(C)c1NC(=O)C[N+](C)(C)N.[Cl-]. The summed E-state index contributed by atoms with van der Waals surface area (Å²) in [7, 11) is 3.56. The van der Waals surface area contributed by atoms with E-state index >= 15 is 0 Å². The second-order valence-corrected chi connectivity index (χ2v) is 4.75. The van der Waals surface area contributed by atoms with Gasteiger partial charge in [0.05, 0.1) is 14.1 Å². The molecule has 0 aliphatic carbocycles. The number of carbonyl (C=O) groups is 1. The minimum absolute atomic E-state index is 0. The number of rotatable bonds is 3. The predicted molar refractivity (Wildman–Crippen MR) is 65.7 cm³/mol. The van der Waals surface area contributed by atoms with E-state index in [4.69, 9.17) is 5.84 Å². The van der Waals surface area contributed by atoms with Crippen molar-refractivity contribution in [2.45, 2.75) is 13.8 Å². The molecular formula is C12H20ClN3O. The topological polar surface area (TPSA) is 55.1 Å². The van der Waals surface area contributed by atoms with E-state index in [1.54, 1.807) is 14.1 Å². The molecule has 0 aliphatic heterocycles. The smallest absolute Gasteiger partial charge is 0.281 e. The summed E-state index contributed by atoms with van der Waals surface area (Å²) in [5.41, 5.74) is 3.02. The van der Waals surface area contributed by atoms with Crippen LogP contribution < -0.4 is 23.6 Å². The van der Waals surface area contributed by atoms with Crippen LogP contribution in [0.3, 0.4) is 0 Å². The maximum atomic E-state index is 11.7. The number of hydrogen-bond acceptors (Lipinski definition) is 2. The summed E-state index contributed by atoms with van der Waals surface area (Å²) in [6.45, 7) is 4.21. The molecule has 96 valence electrons. The van der Waals surface area contributed by atoms with Gasteiger partial charge in [-0.25, -0.2) is 4.59 Å². The van der Waals surface area contributed by atoms with Crippen LogP contribution in [0.2, 0.25) is 0 Å². The van der Waals surface area contributed by atoms with Crippen molar-refractivity contribution < 1.29 is 21.8 Å². The summed E-state index contributed by atoms with van der Waals surface area (Å²) >= 11 is 0. The van der Waals surface area contributed by atoms with Crippen molar-refractivity contribution in [3.63, 3.8) is 0 Å². The van der Waals surface area contributed by atoms with Gasteiger partial charge in [0.2, 0.25) is 0 Å². The molecule has 0 aliphatic rings. The standard InChI is InChI=1S/C12H19N3O.ClH/c1-9-6-5-7-10(2)12(9)14-11(16)8-15(3,4)13;/h5-7H,8,13H2,1-4H3;1H. The number of aryl methyl sites for hydroxylation is 2. The monoisotopic (exact) mass is 257 g/mol. The summed E-state index contributed by atoms with van der Waals surface area (Å²) in [5, 5.41) is 2.90. The zero-order valence-electron chi connectivity index (χ0n) is 10.7. The third kappa shape index (κ3) is 5.17. The number of amides is 1. The third-order valence-corrected chi connectivity index (χ3v) is 2.30. The van der Waals surface area contributed by atoms with Crippen LogP contribution in [-0.2, 0) is 4.79 Å². The fraction of sp³-hybridized carbons (Fsp3) is 0.417. The molecule has 4 nitrogen and oxygen atoms in total. The van der Waals surface area contributed by atoms with E-state index in [0.29, 0.717) is 0 Å². The number of quaternary nitrogens is 1. The average Bonchev–Trinajstić information content (AvgIpc) is 2.08. The number of nitrogens with one attached hydrogen (secondary N) is 1. The maximum absolute atomic E-state index is 11.7. The van der Waals surface area contributed by atoms with Crippen LogP contribution in [0, 0.1) is 13.8 Å². The number of likely N-dealkylation sites (N-methyl/N-ethyl adjacent to an activating group) is 1. The van der Waals surface area contributed by atoms with Crippen LogP contribution in [0.25, 0.3) is 0 Å². The summed E-state index contributed by atoms with van der Waals surface area (Å²) in [6.07, 6.45) is 0. The third-order valence-electron chi connectivity index (χ3n) is 2.30. The van der Waals surface area contributed by atoms with Gasteiger partial charge in [-0.2, -0.15) is 5.84 Å². The van der Waals surface area contributed by atoms with Gasteiger partial charge in [-0.3, -0.25) is 4.79 Å². The van der Waals surface area contributed by atoms with E-state index in [1.165, 1.54) is 0 Å². The zero-order valence-corrected chi connectivity index (χ0v) is 11.5. The van der Waals surface area contributed by atoms with Crippen molar-refractivity contribution in [1.82, 2.24) is 0 Å². The first-order valence-electron chi connectivity index (χ1n) is 5.27. The van der Waals surface area contributed by atoms with Gasteiger partial charge in [0.1, 0.15) is 0 Å². The minimum atomic E-state index is -0.0649. The molecule has 1 rings (SSSR count). The largest absolute Gasteiger partial charge is 1.00 e. The number of nitrogens with zero attached hydrogens (tertiary/aromatic N) is 1. The van der Waals surface area contributed by atoms with Crippen molar-refractivity contribution in [2.75, 3.05) is 26.0 Å². The van der Waals surface area contributed by atoms with E-state index in [-0.39, 0.29) is 29.5 Å². The van der Waals surface area contributed by atoms with Crippen LogP contribution in [0.1, 0.15) is 11.1 Å². The predicted octanol–water partition coefficient (Wildman–Crippen LogP) is -1.80. The molecule has 3 N–H and O–H groups in total. The lowest BCUT2D eigenvalue weighted by atomic mass is 10.1. The molecule has 0 heterocycles. The summed E-state index contributed by atoms with van der Waals surface area (Å²) in [6, 6.07) is 5.93. The van der Waals surface area contributed by atoms with Crippen LogP contribution >= 0.6 is 0 Å². The normalized spacial score (nSPS) is 10.6. The first-order chi connectivity index (χ1) is 7.29. The molecule has 0 spiro atoms. The second kappa shape index (κ2) is 6.00. The molecule has 1 aromatic carbocycles. The molecular weight excluding hydrogens is 238 g/mol. The van der Waals surface area contributed by atoms with E-state index in [1.807, 2.05) is 32.0 Å². The van der Waals surface area contributed by atoms with Gasteiger partial charge in [0, 0.05) is 5.69 Å². The van der Waals surface area contributed by atoms with Crippen LogP contribution in [0.4, 0.5) is 5.69 Å². The lowest BCUT2D eigenvalue weighted by Crippen LogP contribution is -3.00. The van der Waals surface area contributed by atoms with Gasteiger partial charge in [-0.05, 0) is 25.0 Å². The Kier molecular flexibility index (Phi) is 5.61. The summed E-state index contributed by atoms with van der Waals surface area (Å²) in [4.78, 5) is 11.7. The molecule has 0 saturated heterocycles. The average molecular weight is 258 g/mol. The van der Waals surface area contributed by atoms with Crippen molar-refractivity contribution in [3.8, 4) is 0 Å². The Morgan fingerprint density at radius 2 is 1.76 bits per heavy atom. The number of para-hydroxylation sites is 1. The highest BCUT2D eigenvalue weighted by Crippen LogP contribution is 2.19. The van der Waals surface area contributed by atoms with Crippen LogP contribution in [-0.4, -0.2) is 31.1 Å². The minimum Gasteiger partial charge on any atom is -1.00 e. The molecule has 0 atom stereocenters. The molecule has 0 bridgehead atoms. The number of nitrogens with two attached hydrogens (primary N) is 1. The Balaban J connectivity index is 0.00000256. The number of benzene rings is 1. The Labute approximate surface area is 109 Å². The quantitative estimate of drug-likeness (QED) is 0.381. The molecule has 17 heavy (non-hydrogen) atoms. The van der Waals surface area contributed by atoms with E-state index in [0.717, 1.165) is 16.8 Å². The van der Waals surface area contributed by atoms with Gasteiger partial charge in [-0.1, -0.05) is 18.2 Å². The highest BCUT2D eigenvalue weighted by atomic mass is 35.5. The summed E-state index contributed by atoms with van der Waals surface area (Å²) < 4.78 is 0.136. The Bertz CT molecular complexity index is 379. The van der Waals surface area contributed by atoms with Crippen molar-refractivity contribution in [2.24, 2.45) is 5.84 Å². The lowest BCUT2D eigenvalue weighted by Gasteiger charge is -2.22. The first kappa shape index (κ1) is 15.9. The second-order valence-electron chi connectivity index (χ2n) is 4.75. The number of anilines is 1. The van der Waals surface area contributed by atoms with Gasteiger partial charge in [-0.15, -0.1) is 0 Å². The van der Waals surface area contributed by atoms with Gasteiger partial charge >= 0.3 is 0 Å². The zero-order chi connectivity index (χ0) is 12.3. The molecule has 0 radical (unpaired) electrons. The van der Waals surface area contributed by atoms with E-state index < -0.39 is 0 Å². The molecule has 1 amide bonds. The fourth-order valence-corrected chi connectivity index (χ4v) is 1.56. The molecule has 0 aromatic heterocycles. The van der Waals surface area contributed by atoms with E-state index in [9.17, 15) is 4.79 Å². The maximum Gasteiger partial charge on any atom is 0.281 e. The van der Waals surface area contributed by atoms with Crippen molar-refractivity contribution in [3.05, 3.63) is 29.3 Å². The highest BCUT2D eigenvalue weighted by Gasteiger charge is 2.16. The van der Waals surface area contributed by atoms with Crippen LogP contribution in [0.5, 0.6) is 0 Å². The van der Waals surface area contributed by atoms with Gasteiger partial charge in [0.15, 0.2) is 6.54 Å². The molecule has 1 aromatic rings. The van der Waals surface area contributed by atoms with Gasteiger partial charge < -0.3 is 17.7 Å². The molecule has 0 unspecified atom stereocenters. The highest BCUT2D eigenvalue weighted by molar-refractivity contribution is 5.93.